The van der Waals surface area contributed by atoms with Gasteiger partial charge in [-0.1, -0.05) is 25.0 Å². The number of carbonyl (C=O) groups is 1. The van der Waals surface area contributed by atoms with E-state index in [0.717, 1.165) is 42.9 Å². The zero-order valence-corrected chi connectivity index (χ0v) is 15.5. The van der Waals surface area contributed by atoms with Crippen molar-refractivity contribution in [3.8, 4) is 0 Å². The van der Waals surface area contributed by atoms with Gasteiger partial charge < -0.3 is 9.40 Å². The molecule has 1 aromatic carbocycles. The molecule has 6 nitrogen and oxygen atoms in total. The lowest BCUT2D eigenvalue weighted by molar-refractivity contribution is -0.149. The predicted molar refractivity (Wildman–Crippen MR) is 102 cm³/mol. The normalized spacial score (nSPS) is 20.0. The highest BCUT2D eigenvalue weighted by atomic mass is 16.7. The van der Waals surface area contributed by atoms with E-state index in [1.807, 2.05) is 23.3 Å². The Hall–Kier alpha value is -1.92. The van der Waals surface area contributed by atoms with Crippen LogP contribution in [0.2, 0.25) is 0 Å². The van der Waals surface area contributed by atoms with E-state index in [4.69, 9.17) is 9.82 Å². The van der Waals surface area contributed by atoms with Crippen LogP contribution in [-0.2, 0) is 9.63 Å². The average molecular weight is 356 g/mol. The number of hydrogen-bond acceptors (Lipinski definition) is 4. The van der Waals surface area contributed by atoms with Crippen LogP contribution in [0.4, 0.5) is 5.95 Å². The van der Waals surface area contributed by atoms with Crippen LogP contribution in [0.1, 0.15) is 51.0 Å². The molecule has 1 amide bonds. The first kappa shape index (κ1) is 17.5. The monoisotopic (exact) mass is 356 g/mol. The maximum Gasteiger partial charge on any atom is 0.226 e. The van der Waals surface area contributed by atoms with E-state index in [-0.39, 0.29) is 5.91 Å². The van der Waals surface area contributed by atoms with Gasteiger partial charge in [0, 0.05) is 25.6 Å². The van der Waals surface area contributed by atoms with Gasteiger partial charge in [-0.3, -0.25) is 10.1 Å². The molecule has 6 heteroatoms. The Balaban J connectivity index is 1.48. The summed E-state index contributed by atoms with van der Waals surface area (Å²) in [5.41, 5.74) is 2.09. The first-order chi connectivity index (χ1) is 12.7. The molecule has 2 aliphatic rings. The van der Waals surface area contributed by atoms with Crippen LogP contribution < -0.4 is 5.32 Å². The molecule has 0 bridgehead atoms. The summed E-state index contributed by atoms with van der Waals surface area (Å²) in [6.45, 7) is 1.80. The molecule has 2 fully saturated rings. The number of para-hydroxylation sites is 2. The minimum Gasteiger partial charge on any atom is -0.307 e. The van der Waals surface area contributed by atoms with Crippen LogP contribution >= 0.6 is 0 Å². The Morgan fingerprint density at radius 3 is 2.65 bits per heavy atom. The highest BCUT2D eigenvalue weighted by Gasteiger charge is 2.25. The lowest BCUT2D eigenvalue weighted by Gasteiger charge is -2.29. The SMILES string of the molecule is CON1CCC(CC(=O)Nc2nc3ccccc3n2C2CCCC2)CC1. The summed E-state index contributed by atoms with van der Waals surface area (Å²) in [4.78, 5) is 22.7. The third kappa shape index (κ3) is 3.62. The van der Waals surface area contributed by atoms with Crippen molar-refractivity contribution in [1.82, 2.24) is 14.6 Å². The Kier molecular flexibility index (Phi) is 5.22. The standard InChI is InChI=1S/C20H28N4O2/c1-26-23-12-10-15(11-13-23)14-19(25)22-20-21-17-8-4-5-9-18(17)24(20)16-6-2-3-7-16/h4-5,8-9,15-16H,2-3,6-7,10-14H2,1H3,(H,21,22,25). The highest BCUT2D eigenvalue weighted by Crippen LogP contribution is 2.35. The molecule has 2 heterocycles. The van der Waals surface area contributed by atoms with Gasteiger partial charge in [-0.15, -0.1) is 0 Å². The smallest absolute Gasteiger partial charge is 0.226 e. The molecule has 1 saturated heterocycles. The topological polar surface area (TPSA) is 59.4 Å². The van der Waals surface area contributed by atoms with Crippen molar-refractivity contribution >= 4 is 22.9 Å². The van der Waals surface area contributed by atoms with E-state index >= 15 is 0 Å². The molecule has 1 aromatic heterocycles. The maximum absolute atomic E-state index is 12.7. The minimum absolute atomic E-state index is 0.0791. The Morgan fingerprint density at radius 1 is 1.19 bits per heavy atom. The Labute approximate surface area is 154 Å². The second-order valence-corrected chi connectivity index (χ2v) is 7.54. The number of aromatic nitrogens is 2. The molecule has 0 atom stereocenters. The number of anilines is 1. The largest absolute Gasteiger partial charge is 0.307 e. The molecule has 140 valence electrons. The fourth-order valence-electron chi connectivity index (χ4n) is 4.40. The van der Waals surface area contributed by atoms with Crippen molar-refractivity contribution in [2.24, 2.45) is 5.92 Å². The number of benzene rings is 1. The molecule has 0 unspecified atom stereocenters. The maximum atomic E-state index is 12.7. The molecular weight excluding hydrogens is 328 g/mol. The van der Waals surface area contributed by atoms with Gasteiger partial charge in [-0.2, -0.15) is 5.06 Å². The summed E-state index contributed by atoms with van der Waals surface area (Å²) in [5, 5.41) is 5.08. The number of hydroxylamine groups is 2. The molecule has 1 aliphatic carbocycles. The number of amides is 1. The van der Waals surface area contributed by atoms with Gasteiger partial charge in [-0.25, -0.2) is 4.98 Å². The van der Waals surface area contributed by atoms with Crippen molar-refractivity contribution in [3.05, 3.63) is 24.3 Å². The molecule has 1 N–H and O–H groups in total. The second-order valence-electron chi connectivity index (χ2n) is 7.54. The van der Waals surface area contributed by atoms with E-state index in [2.05, 4.69) is 16.0 Å². The van der Waals surface area contributed by atoms with Crippen LogP contribution in [0.5, 0.6) is 0 Å². The van der Waals surface area contributed by atoms with Crippen LogP contribution in [0.15, 0.2) is 24.3 Å². The van der Waals surface area contributed by atoms with Gasteiger partial charge in [0.15, 0.2) is 0 Å². The summed E-state index contributed by atoms with van der Waals surface area (Å²) in [6, 6.07) is 8.63. The number of piperidine rings is 1. The first-order valence-electron chi connectivity index (χ1n) is 9.80. The molecule has 4 rings (SSSR count). The van der Waals surface area contributed by atoms with Crippen molar-refractivity contribution in [2.75, 3.05) is 25.5 Å². The number of carbonyl (C=O) groups excluding carboxylic acids is 1. The van der Waals surface area contributed by atoms with E-state index in [1.54, 1.807) is 7.11 Å². The van der Waals surface area contributed by atoms with E-state index in [9.17, 15) is 4.79 Å². The van der Waals surface area contributed by atoms with Gasteiger partial charge in [0.2, 0.25) is 11.9 Å². The summed E-state index contributed by atoms with van der Waals surface area (Å²) in [7, 11) is 1.71. The lowest BCUT2D eigenvalue weighted by atomic mass is 9.94. The van der Waals surface area contributed by atoms with E-state index in [0.29, 0.717) is 18.4 Å². The van der Waals surface area contributed by atoms with E-state index in [1.165, 1.54) is 25.7 Å². The molecule has 1 saturated carbocycles. The Bertz CT molecular complexity index is 758. The quantitative estimate of drug-likeness (QED) is 0.886. The first-order valence-corrected chi connectivity index (χ1v) is 9.80. The number of rotatable bonds is 5. The van der Waals surface area contributed by atoms with Crippen LogP contribution in [-0.4, -0.2) is 40.7 Å². The Morgan fingerprint density at radius 2 is 1.92 bits per heavy atom. The van der Waals surface area contributed by atoms with Crippen molar-refractivity contribution in [3.63, 3.8) is 0 Å². The predicted octanol–water partition coefficient (Wildman–Crippen LogP) is 3.75. The lowest BCUT2D eigenvalue weighted by Crippen LogP contribution is -2.34. The third-order valence-electron chi connectivity index (χ3n) is 5.84. The fraction of sp³-hybridized carbons (Fsp3) is 0.600. The molecule has 0 spiro atoms. The van der Waals surface area contributed by atoms with Gasteiger partial charge >= 0.3 is 0 Å². The molecule has 0 radical (unpaired) electrons. The summed E-state index contributed by atoms with van der Waals surface area (Å²) in [6.07, 6.45) is 7.40. The summed E-state index contributed by atoms with van der Waals surface area (Å²) in [5.74, 6) is 1.22. The third-order valence-corrected chi connectivity index (χ3v) is 5.84. The number of hydrogen-bond donors (Lipinski definition) is 1. The molecular formula is C20H28N4O2. The number of imidazole rings is 1. The van der Waals surface area contributed by atoms with Crippen LogP contribution in [0.3, 0.4) is 0 Å². The fourth-order valence-corrected chi connectivity index (χ4v) is 4.40. The summed E-state index contributed by atoms with van der Waals surface area (Å²) >= 11 is 0. The molecule has 1 aliphatic heterocycles. The van der Waals surface area contributed by atoms with Crippen molar-refractivity contribution < 1.29 is 9.63 Å². The second kappa shape index (κ2) is 7.76. The van der Waals surface area contributed by atoms with Gasteiger partial charge in [0.05, 0.1) is 18.1 Å². The zero-order valence-electron chi connectivity index (χ0n) is 15.5. The van der Waals surface area contributed by atoms with Gasteiger partial charge in [0.1, 0.15) is 0 Å². The minimum atomic E-state index is 0.0791. The molecule has 2 aromatic rings. The highest BCUT2D eigenvalue weighted by molar-refractivity contribution is 5.91. The van der Waals surface area contributed by atoms with Crippen LogP contribution in [0, 0.1) is 5.92 Å². The molecule has 26 heavy (non-hydrogen) atoms. The number of fused-ring (bicyclic) bond motifs is 1. The number of nitrogens with one attached hydrogen (secondary N) is 1. The van der Waals surface area contributed by atoms with Gasteiger partial charge in [0.25, 0.3) is 0 Å². The average Bonchev–Trinajstić information content (AvgIpc) is 3.29. The zero-order chi connectivity index (χ0) is 17.9. The van der Waals surface area contributed by atoms with Gasteiger partial charge in [-0.05, 0) is 43.7 Å². The van der Waals surface area contributed by atoms with E-state index < -0.39 is 0 Å². The number of nitrogens with zero attached hydrogens (tertiary/aromatic N) is 3. The summed E-state index contributed by atoms with van der Waals surface area (Å²) < 4.78 is 2.26. The van der Waals surface area contributed by atoms with Crippen molar-refractivity contribution in [2.45, 2.75) is 51.0 Å². The van der Waals surface area contributed by atoms with Crippen molar-refractivity contribution in [1.29, 1.82) is 0 Å². The van der Waals surface area contributed by atoms with Crippen LogP contribution in [0.25, 0.3) is 11.0 Å².